The van der Waals surface area contributed by atoms with E-state index < -0.39 is 0 Å². The van der Waals surface area contributed by atoms with Crippen LogP contribution in [-0.2, 0) is 22.4 Å². The SMILES string of the molecule is CNC(=O)CNC(=O)[C@@H]1CCCN(C2CCN(C3Cc4ccccc4C3)CC2)C1. The molecule has 2 N–H and O–H groups in total. The van der Waals surface area contributed by atoms with Gasteiger partial charge < -0.3 is 10.6 Å². The van der Waals surface area contributed by atoms with E-state index in [1.54, 1.807) is 7.05 Å². The molecular formula is C23H34N4O2. The smallest absolute Gasteiger partial charge is 0.239 e. The summed E-state index contributed by atoms with van der Waals surface area (Å²) in [5.74, 6) is -0.109. The van der Waals surface area contributed by atoms with E-state index in [1.807, 2.05) is 0 Å². The Hall–Kier alpha value is -1.92. The van der Waals surface area contributed by atoms with Crippen LogP contribution in [0, 0.1) is 5.92 Å². The highest BCUT2D eigenvalue weighted by atomic mass is 16.2. The van der Waals surface area contributed by atoms with E-state index in [1.165, 1.54) is 36.8 Å². The largest absolute Gasteiger partial charge is 0.358 e. The van der Waals surface area contributed by atoms with Crippen molar-refractivity contribution in [3.05, 3.63) is 35.4 Å². The normalized spacial score (nSPS) is 24.2. The summed E-state index contributed by atoms with van der Waals surface area (Å²) in [6.45, 7) is 4.33. The molecule has 0 spiro atoms. The maximum Gasteiger partial charge on any atom is 0.239 e. The molecule has 0 saturated carbocycles. The van der Waals surface area contributed by atoms with Gasteiger partial charge in [-0.2, -0.15) is 0 Å². The number of nitrogens with zero attached hydrogens (tertiary/aromatic N) is 2. The second-order valence-corrected chi connectivity index (χ2v) is 8.82. The third-order valence-corrected chi connectivity index (χ3v) is 7.09. The lowest BCUT2D eigenvalue weighted by molar-refractivity contribution is -0.130. The Labute approximate surface area is 174 Å². The Morgan fingerprint density at radius 3 is 2.31 bits per heavy atom. The van der Waals surface area contributed by atoms with Gasteiger partial charge in [0.15, 0.2) is 0 Å². The number of fused-ring (bicyclic) bond motifs is 1. The van der Waals surface area contributed by atoms with E-state index in [9.17, 15) is 9.59 Å². The first kappa shape index (κ1) is 20.4. The number of piperidine rings is 2. The summed E-state index contributed by atoms with van der Waals surface area (Å²) in [6, 6.07) is 10.1. The van der Waals surface area contributed by atoms with Gasteiger partial charge in [-0.15, -0.1) is 0 Å². The summed E-state index contributed by atoms with van der Waals surface area (Å²) in [7, 11) is 1.59. The molecule has 0 aromatic heterocycles. The monoisotopic (exact) mass is 398 g/mol. The number of likely N-dealkylation sites (N-methyl/N-ethyl adjacent to an activating group) is 1. The Morgan fingerprint density at radius 1 is 0.966 bits per heavy atom. The van der Waals surface area contributed by atoms with Crippen LogP contribution >= 0.6 is 0 Å². The van der Waals surface area contributed by atoms with E-state index in [4.69, 9.17) is 0 Å². The molecule has 2 aliphatic heterocycles. The molecule has 6 heteroatoms. The average molecular weight is 399 g/mol. The Bertz CT molecular complexity index is 704. The summed E-state index contributed by atoms with van der Waals surface area (Å²) in [4.78, 5) is 29.1. The molecule has 29 heavy (non-hydrogen) atoms. The first-order chi connectivity index (χ1) is 14.1. The van der Waals surface area contributed by atoms with Crippen LogP contribution in [0.2, 0.25) is 0 Å². The van der Waals surface area contributed by atoms with Gasteiger partial charge in [-0.1, -0.05) is 24.3 Å². The van der Waals surface area contributed by atoms with Crippen molar-refractivity contribution in [2.75, 3.05) is 39.8 Å². The van der Waals surface area contributed by atoms with Crippen molar-refractivity contribution in [2.24, 2.45) is 5.92 Å². The van der Waals surface area contributed by atoms with Gasteiger partial charge in [-0.3, -0.25) is 19.4 Å². The summed E-state index contributed by atoms with van der Waals surface area (Å²) in [5, 5.41) is 5.34. The number of rotatable bonds is 5. The standard InChI is InChI=1S/C23H34N4O2/c1-24-22(28)15-25-23(29)19-7-4-10-27(16-19)20-8-11-26(12-9-20)21-13-17-5-2-3-6-18(17)14-21/h2-3,5-6,19-21H,4,7-16H2,1H3,(H,24,28)(H,25,29)/t19-/m1/s1. The first-order valence-electron chi connectivity index (χ1n) is 11.2. The average Bonchev–Trinajstić information content (AvgIpc) is 3.21. The second-order valence-electron chi connectivity index (χ2n) is 8.82. The fourth-order valence-electron chi connectivity index (χ4n) is 5.36. The van der Waals surface area contributed by atoms with Crippen molar-refractivity contribution >= 4 is 11.8 Å². The molecule has 2 saturated heterocycles. The number of benzene rings is 1. The predicted octanol–water partition coefficient (Wildman–Crippen LogP) is 1.19. The van der Waals surface area contributed by atoms with E-state index in [0.717, 1.165) is 39.0 Å². The molecule has 2 amide bonds. The molecule has 0 unspecified atom stereocenters. The van der Waals surface area contributed by atoms with Crippen LogP contribution in [0.4, 0.5) is 0 Å². The summed E-state index contributed by atoms with van der Waals surface area (Å²) in [5.41, 5.74) is 3.06. The first-order valence-corrected chi connectivity index (χ1v) is 11.2. The fourth-order valence-corrected chi connectivity index (χ4v) is 5.36. The van der Waals surface area contributed by atoms with Crippen LogP contribution in [0.1, 0.15) is 36.8 Å². The lowest BCUT2D eigenvalue weighted by atomic mass is 9.92. The van der Waals surface area contributed by atoms with Crippen LogP contribution in [0.15, 0.2) is 24.3 Å². The van der Waals surface area contributed by atoms with Gasteiger partial charge >= 0.3 is 0 Å². The zero-order chi connectivity index (χ0) is 20.2. The molecule has 1 aromatic carbocycles. The Balaban J connectivity index is 1.24. The number of amides is 2. The Morgan fingerprint density at radius 2 is 1.66 bits per heavy atom. The van der Waals surface area contributed by atoms with Crippen molar-refractivity contribution in [1.29, 1.82) is 0 Å². The van der Waals surface area contributed by atoms with Gasteiger partial charge in [0, 0.05) is 25.7 Å². The van der Waals surface area contributed by atoms with Crippen LogP contribution in [0.25, 0.3) is 0 Å². The molecule has 0 bridgehead atoms. The third-order valence-electron chi connectivity index (χ3n) is 7.09. The van der Waals surface area contributed by atoms with Crippen molar-refractivity contribution in [3.8, 4) is 0 Å². The summed E-state index contributed by atoms with van der Waals surface area (Å²) >= 11 is 0. The van der Waals surface area contributed by atoms with Gasteiger partial charge in [0.25, 0.3) is 0 Å². The van der Waals surface area contributed by atoms with E-state index in [0.29, 0.717) is 12.1 Å². The van der Waals surface area contributed by atoms with Crippen LogP contribution in [0.5, 0.6) is 0 Å². The summed E-state index contributed by atoms with van der Waals surface area (Å²) in [6.07, 6.45) is 6.76. The molecular weight excluding hydrogens is 364 g/mol. The zero-order valence-electron chi connectivity index (χ0n) is 17.5. The minimum atomic E-state index is -0.146. The molecule has 2 heterocycles. The van der Waals surface area contributed by atoms with Crippen molar-refractivity contribution in [2.45, 2.75) is 50.6 Å². The van der Waals surface area contributed by atoms with Gasteiger partial charge in [0.2, 0.25) is 11.8 Å². The van der Waals surface area contributed by atoms with E-state index >= 15 is 0 Å². The van der Waals surface area contributed by atoms with Gasteiger partial charge in [-0.25, -0.2) is 0 Å². The van der Waals surface area contributed by atoms with Crippen LogP contribution < -0.4 is 10.6 Å². The maximum atomic E-state index is 12.5. The second kappa shape index (κ2) is 9.26. The minimum Gasteiger partial charge on any atom is -0.358 e. The van der Waals surface area contributed by atoms with E-state index in [2.05, 4.69) is 44.7 Å². The van der Waals surface area contributed by atoms with Crippen molar-refractivity contribution in [3.63, 3.8) is 0 Å². The molecule has 6 nitrogen and oxygen atoms in total. The zero-order valence-corrected chi connectivity index (χ0v) is 17.5. The topological polar surface area (TPSA) is 64.7 Å². The lowest BCUT2D eigenvalue weighted by Crippen LogP contribution is -2.52. The molecule has 1 aliphatic carbocycles. The molecule has 0 radical (unpaired) electrons. The highest BCUT2D eigenvalue weighted by Gasteiger charge is 2.34. The van der Waals surface area contributed by atoms with E-state index in [-0.39, 0.29) is 24.3 Å². The van der Waals surface area contributed by atoms with Gasteiger partial charge in [0.05, 0.1) is 12.5 Å². The number of hydrogen-bond acceptors (Lipinski definition) is 4. The highest BCUT2D eigenvalue weighted by Crippen LogP contribution is 2.29. The number of likely N-dealkylation sites (tertiary alicyclic amines) is 2. The van der Waals surface area contributed by atoms with Gasteiger partial charge in [0.1, 0.15) is 0 Å². The number of hydrogen-bond donors (Lipinski definition) is 2. The van der Waals surface area contributed by atoms with Crippen molar-refractivity contribution in [1.82, 2.24) is 20.4 Å². The van der Waals surface area contributed by atoms with Gasteiger partial charge in [-0.05, 0) is 69.3 Å². The van der Waals surface area contributed by atoms with Crippen LogP contribution in [0.3, 0.4) is 0 Å². The molecule has 1 atom stereocenters. The van der Waals surface area contributed by atoms with Crippen LogP contribution in [-0.4, -0.2) is 73.5 Å². The highest BCUT2D eigenvalue weighted by molar-refractivity contribution is 5.85. The number of carbonyl (C=O) groups is 2. The van der Waals surface area contributed by atoms with Crippen molar-refractivity contribution < 1.29 is 9.59 Å². The molecule has 3 aliphatic rings. The summed E-state index contributed by atoms with van der Waals surface area (Å²) < 4.78 is 0. The lowest BCUT2D eigenvalue weighted by Gasteiger charge is -2.43. The maximum absolute atomic E-state index is 12.5. The third kappa shape index (κ3) is 4.81. The minimum absolute atomic E-state index is 0.00997. The quantitative estimate of drug-likeness (QED) is 0.782. The molecule has 158 valence electrons. The number of nitrogens with one attached hydrogen (secondary N) is 2. The molecule has 4 rings (SSSR count). The molecule has 2 fully saturated rings. The fraction of sp³-hybridized carbons (Fsp3) is 0.652. The number of carbonyl (C=O) groups excluding carboxylic acids is 2. The predicted molar refractivity (Wildman–Crippen MR) is 114 cm³/mol. The molecule has 1 aromatic rings. The Kier molecular flexibility index (Phi) is 6.50.